The van der Waals surface area contributed by atoms with Crippen LogP contribution in [0.25, 0.3) is 0 Å². The molecule has 0 heterocycles. The number of rotatable bonds is 4. The summed E-state index contributed by atoms with van der Waals surface area (Å²) in [6.07, 6.45) is 29.4. The molecule has 0 aromatic heterocycles. The molecule has 0 saturated carbocycles. The summed E-state index contributed by atoms with van der Waals surface area (Å²) in [7, 11) is 0. The van der Waals surface area contributed by atoms with Gasteiger partial charge in [-0.15, -0.1) is 30.8 Å². The van der Waals surface area contributed by atoms with Crippen LogP contribution in [0.1, 0.15) is 247 Å². The highest BCUT2D eigenvalue weighted by Gasteiger charge is 2.11. The van der Waals surface area contributed by atoms with Gasteiger partial charge in [0.05, 0.1) is 0 Å². The average molecular weight is 1050 g/mol. The van der Waals surface area contributed by atoms with Crippen molar-refractivity contribution in [2.75, 3.05) is 5.83 Å². The Balaban J connectivity index is -0.0000000421. The minimum absolute atomic E-state index is 0. The molecule has 0 fully saturated rings. The fourth-order valence-corrected chi connectivity index (χ4v) is 5.32. The van der Waals surface area contributed by atoms with Crippen molar-refractivity contribution in [2.24, 2.45) is 0 Å². The molecule has 4 aromatic rings. The lowest BCUT2D eigenvalue weighted by molar-refractivity contribution is 0.772. The number of unbranched alkanes of at least 4 members (excludes halogenated alkanes) is 2. The molecule has 71 heavy (non-hydrogen) atoms. The van der Waals surface area contributed by atoms with Gasteiger partial charge >= 0.3 is 0 Å². The first-order valence-electron chi connectivity index (χ1n) is 23.6. The van der Waals surface area contributed by atoms with Crippen molar-refractivity contribution < 1.29 is 0 Å². The number of alkyl halides is 1. The molecular formula is C70H131Br. The molecule has 8 rings (SSSR count). The highest BCUT2D eigenvalue weighted by Crippen LogP contribution is 2.23. The molecule has 4 aromatic carbocycles. The third kappa shape index (κ3) is 58.4. The van der Waals surface area contributed by atoms with Crippen molar-refractivity contribution in [1.29, 1.82) is 0 Å². The molecule has 418 valence electrons. The van der Waals surface area contributed by atoms with Gasteiger partial charge in [0.2, 0.25) is 0 Å². The molecule has 0 amide bonds. The molecule has 1 heteroatoms. The maximum atomic E-state index is 4.78. The molecule has 0 bridgehead atoms. The Labute approximate surface area is 463 Å². The van der Waals surface area contributed by atoms with E-state index in [2.05, 4.69) is 177 Å². The standard InChI is InChI=1S/4C8H8.C5H12.C5H10.C5H8.C4H8.C4H6.2C2H6.CH3Br.10CH4/c4*1-2-4-8-6-5-7(8)3-1;3*1-3-5-4-2;2*1-3-4-2;3*1-2;;;;;;;;;;/h4*1-4H,5-6H2;3-5H2,1-2H3;3,5H,4H2,1-2H3;3H2,1-2H3;3H,1,4H2,2H3;1H,4H2,2H3;2*1-2H3;1H3;10*1H4/b;;;;;5-3+;;;;;;;;;;;;;;;;. The molecule has 0 saturated heterocycles. The third-order valence-electron chi connectivity index (χ3n) is 9.15. The normalized spacial score (nSPS) is 9.08. The summed E-state index contributed by atoms with van der Waals surface area (Å²) in [5, 5.41) is 0. The van der Waals surface area contributed by atoms with Gasteiger partial charge in [-0.1, -0.05) is 294 Å². The van der Waals surface area contributed by atoms with E-state index in [0.717, 1.165) is 25.7 Å². The fraction of sp³-hybridized carbons (Fsp3) is 0.543. The average Bonchev–Trinajstić information content (AvgIpc) is 3.27. The van der Waals surface area contributed by atoms with Crippen LogP contribution in [0, 0.1) is 24.2 Å². The van der Waals surface area contributed by atoms with Gasteiger partial charge in [0.25, 0.3) is 0 Å². The lowest BCUT2D eigenvalue weighted by Crippen LogP contribution is -2.06. The number of allylic oxidation sites excluding steroid dienone is 3. The number of terminal acetylenes is 1. The van der Waals surface area contributed by atoms with E-state index in [-0.39, 0.29) is 74.3 Å². The first-order valence-corrected chi connectivity index (χ1v) is 25.2. The molecule has 0 spiro atoms. The van der Waals surface area contributed by atoms with Gasteiger partial charge in [-0.3, -0.25) is 0 Å². The predicted molar refractivity (Wildman–Crippen MR) is 354 cm³/mol. The van der Waals surface area contributed by atoms with Crippen LogP contribution in [0.4, 0.5) is 0 Å². The van der Waals surface area contributed by atoms with Crippen LogP contribution in [0.2, 0.25) is 0 Å². The molecule has 0 N–H and O–H groups in total. The Morgan fingerprint density at radius 2 is 0.648 bits per heavy atom. The lowest BCUT2D eigenvalue weighted by Gasteiger charge is -2.16. The molecular weight excluding hydrogens is 921 g/mol. The van der Waals surface area contributed by atoms with Gasteiger partial charge in [0.1, 0.15) is 0 Å². The Morgan fingerprint density at radius 3 is 0.676 bits per heavy atom. The van der Waals surface area contributed by atoms with Crippen LogP contribution >= 0.6 is 15.9 Å². The van der Waals surface area contributed by atoms with E-state index < -0.39 is 0 Å². The Bertz CT molecular complexity index is 1370. The second-order valence-electron chi connectivity index (χ2n) is 13.4. The highest BCUT2D eigenvalue weighted by molar-refractivity contribution is 9.08. The summed E-state index contributed by atoms with van der Waals surface area (Å²) in [6, 6.07) is 34.5. The van der Waals surface area contributed by atoms with Gasteiger partial charge in [-0.2, -0.15) is 0 Å². The van der Waals surface area contributed by atoms with Crippen molar-refractivity contribution in [1.82, 2.24) is 0 Å². The predicted octanol–water partition coefficient (Wildman–Crippen LogP) is 24.8. The van der Waals surface area contributed by atoms with E-state index in [0.29, 0.717) is 0 Å². The Morgan fingerprint density at radius 1 is 0.451 bits per heavy atom. The Hall–Kier alpha value is -4.04. The topological polar surface area (TPSA) is 0 Å². The molecule has 0 nitrogen and oxygen atoms in total. The summed E-state index contributed by atoms with van der Waals surface area (Å²) in [6.45, 7) is 28.0. The second kappa shape index (κ2) is 85.8. The van der Waals surface area contributed by atoms with Crippen molar-refractivity contribution in [3.8, 4) is 24.2 Å². The second-order valence-corrected chi connectivity index (χ2v) is 13.4. The molecule has 0 unspecified atom stereocenters. The number of benzene rings is 4. The fourth-order valence-electron chi connectivity index (χ4n) is 5.32. The SMILES string of the molecule is C.C.C.C.C.C.C.C.C.C.C#CCC.C/C=C/CC.C=CCC.CBr.CC.CC.CC#CCC.CCCCC.c1ccc2c(c1)CC2.c1ccc2c(c1)CC2.c1ccc2c(c1)CC2.c1ccc2c(c1)CC2. The van der Waals surface area contributed by atoms with Crippen LogP contribution in [0.15, 0.2) is 122 Å². The summed E-state index contributed by atoms with van der Waals surface area (Å²) in [4.78, 5) is 0. The van der Waals surface area contributed by atoms with E-state index in [4.69, 9.17) is 6.42 Å². The van der Waals surface area contributed by atoms with Crippen LogP contribution < -0.4 is 0 Å². The van der Waals surface area contributed by atoms with Gasteiger partial charge in [0.15, 0.2) is 0 Å². The quantitative estimate of drug-likeness (QED) is 0.109. The summed E-state index contributed by atoms with van der Waals surface area (Å²) < 4.78 is 0. The number of hydrogen-bond acceptors (Lipinski definition) is 0. The number of fused-ring (bicyclic) bond motifs is 4. The maximum Gasteiger partial charge on any atom is 0.00601 e. The van der Waals surface area contributed by atoms with Crippen molar-refractivity contribution in [2.45, 2.75) is 254 Å². The largest absolute Gasteiger partial charge is 0.120 e. The highest BCUT2D eigenvalue weighted by atomic mass is 79.9. The van der Waals surface area contributed by atoms with Crippen LogP contribution in [0.3, 0.4) is 0 Å². The lowest BCUT2D eigenvalue weighted by atomic mass is 9.89. The van der Waals surface area contributed by atoms with E-state index >= 15 is 0 Å². The van der Waals surface area contributed by atoms with Crippen LogP contribution in [-0.4, -0.2) is 5.83 Å². The zero-order valence-electron chi connectivity index (χ0n) is 41.7. The van der Waals surface area contributed by atoms with E-state index in [1.54, 1.807) is 44.5 Å². The summed E-state index contributed by atoms with van der Waals surface area (Å²) in [5.41, 5.74) is 12.4. The minimum Gasteiger partial charge on any atom is -0.120 e. The summed E-state index contributed by atoms with van der Waals surface area (Å²) >= 11 is 2.94. The van der Waals surface area contributed by atoms with Crippen molar-refractivity contribution in [3.05, 3.63) is 166 Å². The molecule has 0 atom stereocenters. The van der Waals surface area contributed by atoms with E-state index in [9.17, 15) is 0 Å². The van der Waals surface area contributed by atoms with Crippen LogP contribution in [0.5, 0.6) is 0 Å². The molecule has 4 aliphatic rings. The van der Waals surface area contributed by atoms with Crippen molar-refractivity contribution >= 4 is 15.9 Å². The molecule has 0 aliphatic heterocycles. The number of aryl methyl sites for hydroxylation is 8. The number of halogens is 1. The zero-order chi connectivity index (χ0) is 46.8. The first kappa shape index (κ1) is 104. The molecule has 0 radical (unpaired) electrons. The zero-order valence-corrected chi connectivity index (χ0v) is 43.3. The van der Waals surface area contributed by atoms with Gasteiger partial charge < -0.3 is 0 Å². The van der Waals surface area contributed by atoms with E-state index in [1.807, 2.05) is 67.3 Å². The minimum atomic E-state index is 0. The maximum absolute atomic E-state index is 4.78. The first-order chi connectivity index (χ1) is 29.9. The molecule has 4 aliphatic carbocycles. The monoisotopic (exact) mass is 1050 g/mol. The summed E-state index contributed by atoms with van der Waals surface area (Å²) in [5.74, 6) is 9.87. The van der Waals surface area contributed by atoms with E-state index in [1.165, 1.54) is 70.6 Å². The van der Waals surface area contributed by atoms with Crippen molar-refractivity contribution in [3.63, 3.8) is 0 Å². The van der Waals surface area contributed by atoms with Gasteiger partial charge in [-0.25, -0.2) is 0 Å². The smallest absolute Gasteiger partial charge is 0.00601 e. The third-order valence-corrected chi connectivity index (χ3v) is 9.15. The van der Waals surface area contributed by atoms with Gasteiger partial charge in [0, 0.05) is 12.8 Å². The Kier molecular flexibility index (Phi) is 126. The van der Waals surface area contributed by atoms with Crippen LogP contribution in [-0.2, 0) is 51.4 Å². The number of hydrogen-bond donors (Lipinski definition) is 0. The van der Waals surface area contributed by atoms with Gasteiger partial charge in [-0.05, 0) is 128 Å².